The van der Waals surface area contributed by atoms with Gasteiger partial charge >= 0.3 is 0 Å². The lowest BCUT2D eigenvalue weighted by molar-refractivity contribution is -0.115. The van der Waals surface area contributed by atoms with E-state index in [4.69, 9.17) is 12.2 Å². The van der Waals surface area contributed by atoms with E-state index in [1.807, 2.05) is 12.1 Å². The molecule has 0 spiro atoms. The highest BCUT2D eigenvalue weighted by Crippen LogP contribution is 2.38. The average Bonchev–Trinajstić information content (AvgIpc) is 2.54. The second-order valence-electron chi connectivity index (χ2n) is 6.29. The van der Waals surface area contributed by atoms with Crippen LogP contribution >= 0.6 is 12.2 Å². The molecule has 1 N–H and O–H groups in total. The molecule has 3 aliphatic rings. The van der Waals surface area contributed by atoms with Gasteiger partial charge in [-0.05, 0) is 48.5 Å². The van der Waals surface area contributed by atoms with E-state index in [-0.39, 0.29) is 11.0 Å². The Balaban J connectivity index is 1.89. The van der Waals surface area contributed by atoms with Crippen molar-refractivity contribution in [2.24, 2.45) is 10.9 Å². The van der Waals surface area contributed by atoms with Gasteiger partial charge in [-0.1, -0.05) is 43.5 Å². The van der Waals surface area contributed by atoms with Crippen molar-refractivity contribution in [3.63, 3.8) is 0 Å². The Bertz CT molecular complexity index is 726. The molecule has 1 amide bonds. The quantitative estimate of drug-likeness (QED) is 0.809. The number of hydrogen-bond donors (Lipinski definition) is 1. The number of fused-ring (bicyclic) bond motifs is 3. The van der Waals surface area contributed by atoms with E-state index in [9.17, 15) is 4.79 Å². The van der Waals surface area contributed by atoms with Crippen LogP contribution in [0.4, 0.5) is 0 Å². The van der Waals surface area contributed by atoms with Crippen LogP contribution in [-0.4, -0.2) is 16.7 Å². The van der Waals surface area contributed by atoms with Crippen molar-refractivity contribution < 1.29 is 4.79 Å². The monoisotopic (exact) mass is 310 g/mol. The van der Waals surface area contributed by atoms with E-state index in [1.165, 1.54) is 43.2 Å². The zero-order valence-corrected chi connectivity index (χ0v) is 13.2. The Labute approximate surface area is 135 Å². The number of nitrogens with zero attached hydrogens (tertiary/aromatic N) is 1. The topological polar surface area (TPSA) is 41.5 Å². The smallest absolute Gasteiger partial charge is 0.259 e. The molecule has 0 saturated heterocycles. The number of allylic oxidation sites excluding steroid dienone is 1. The first-order valence-corrected chi connectivity index (χ1v) is 8.40. The SMILES string of the molecule is O=C1NC(=S)N=C2C1=C(C1CCCCC1)Cc1ccccc12. The highest BCUT2D eigenvalue weighted by molar-refractivity contribution is 7.80. The molecule has 3 nitrogen and oxygen atoms in total. The molecule has 112 valence electrons. The molecule has 1 heterocycles. The summed E-state index contributed by atoms with van der Waals surface area (Å²) in [5.74, 6) is 0.449. The van der Waals surface area contributed by atoms with Crippen LogP contribution in [0.3, 0.4) is 0 Å². The van der Waals surface area contributed by atoms with E-state index in [0.29, 0.717) is 5.92 Å². The van der Waals surface area contributed by atoms with Gasteiger partial charge in [-0.3, -0.25) is 10.1 Å². The Kier molecular flexibility index (Phi) is 3.41. The van der Waals surface area contributed by atoms with Gasteiger partial charge in [0.05, 0.1) is 11.3 Å². The number of thiocarbonyl (C=S) groups is 1. The van der Waals surface area contributed by atoms with Gasteiger partial charge in [-0.15, -0.1) is 0 Å². The van der Waals surface area contributed by atoms with Gasteiger partial charge in [0.15, 0.2) is 5.11 Å². The Hall–Kier alpha value is -1.81. The molecule has 1 fully saturated rings. The van der Waals surface area contributed by atoms with E-state index in [0.717, 1.165) is 23.3 Å². The lowest BCUT2D eigenvalue weighted by atomic mass is 9.74. The molecule has 1 saturated carbocycles. The van der Waals surface area contributed by atoms with Crippen LogP contribution in [0.25, 0.3) is 0 Å². The summed E-state index contributed by atoms with van der Waals surface area (Å²) in [6.07, 6.45) is 7.07. The number of rotatable bonds is 1. The van der Waals surface area contributed by atoms with Gasteiger partial charge in [0.25, 0.3) is 5.91 Å². The predicted molar refractivity (Wildman–Crippen MR) is 91.0 cm³/mol. The number of carbonyl (C=O) groups is 1. The summed E-state index contributed by atoms with van der Waals surface area (Å²) in [6, 6.07) is 8.25. The summed E-state index contributed by atoms with van der Waals surface area (Å²) in [7, 11) is 0. The van der Waals surface area contributed by atoms with Crippen LogP contribution in [-0.2, 0) is 11.2 Å². The van der Waals surface area contributed by atoms with E-state index >= 15 is 0 Å². The number of aliphatic imine (C=N–C) groups is 1. The first kappa shape index (κ1) is 13.8. The first-order valence-electron chi connectivity index (χ1n) is 8.00. The second kappa shape index (κ2) is 5.43. The average molecular weight is 310 g/mol. The molecule has 22 heavy (non-hydrogen) atoms. The van der Waals surface area contributed by atoms with E-state index in [1.54, 1.807) is 0 Å². The molecule has 1 aromatic rings. The van der Waals surface area contributed by atoms with Gasteiger partial charge in [0.1, 0.15) is 0 Å². The maximum Gasteiger partial charge on any atom is 0.259 e. The minimum atomic E-state index is -0.0647. The predicted octanol–water partition coefficient (Wildman–Crippen LogP) is 3.32. The molecule has 1 aliphatic heterocycles. The van der Waals surface area contributed by atoms with Crippen LogP contribution < -0.4 is 5.32 Å². The standard InChI is InChI=1S/C18H18N2OS/c21-17-15-14(11-6-2-1-3-7-11)10-12-8-4-5-9-13(12)16(15)19-18(22)20-17/h4-5,8-9,11H,1-3,6-7,10H2,(H,20,21,22). The van der Waals surface area contributed by atoms with Gasteiger partial charge < -0.3 is 0 Å². The number of benzene rings is 1. The zero-order valence-electron chi connectivity index (χ0n) is 12.4. The Morgan fingerprint density at radius 2 is 1.91 bits per heavy atom. The number of nitrogens with one attached hydrogen (secondary N) is 1. The summed E-state index contributed by atoms with van der Waals surface area (Å²) >= 11 is 5.13. The number of amides is 1. The molecule has 0 bridgehead atoms. The van der Waals surface area contributed by atoms with Crippen molar-refractivity contribution in [1.82, 2.24) is 5.32 Å². The molecular weight excluding hydrogens is 292 g/mol. The highest BCUT2D eigenvalue weighted by atomic mass is 32.1. The fourth-order valence-corrected chi connectivity index (χ4v) is 4.13. The van der Waals surface area contributed by atoms with Crippen LogP contribution in [0.1, 0.15) is 43.2 Å². The fourth-order valence-electron chi connectivity index (χ4n) is 3.94. The highest BCUT2D eigenvalue weighted by Gasteiger charge is 2.35. The van der Waals surface area contributed by atoms with Gasteiger partial charge in [-0.25, -0.2) is 4.99 Å². The molecule has 4 rings (SSSR count). The van der Waals surface area contributed by atoms with E-state index < -0.39 is 0 Å². The zero-order chi connectivity index (χ0) is 15.1. The molecule has 1 aromatic carbocycles. The van der Waals surface area contributed by atoms with Crippen molar-refractivity contribution in [1.29, 1.82) is 0 Å². The van der Waals surface area contributed by atoms with Crippen molar-refractivity contribution in [2.75, 3.05) is 0 Å². The molecule has 0 unspecified atom stereocenters. The van der Waals surface area contributed by atoms with Crippen molar-refractivity contribution in [3.05, 3.63) is 46.5 Å². The third-order valence-electron chi connectivity index (χ3n) is 4.97. The first-order chi connectivity index (χ1) is 10.7. The Morgan fingerprint density at radius 1 is 1.14 bits per heavy atom. The fraction of sp³-hybridized carbons (Fsp3) is 0.389. The van der Waals surface area contributed by atoms with Crippen LogP contribution in [0, 0.1) is 5.92 Å². The molecule has 0 aromatic heterocycles. The van der Waals surface area contributed by atoms with E-state index in [2.05, 4.69) is 22.4 Å². The Morgan fingerprint density at radius 3 is 2.73 bits per heavy atom. The largest absolute Gasteiger partial charge is 0.297 e. The van der Waals surface area contributed by atoms with Crippen LogP contribution in [0.15, 0.2) is 40.4 Å². The normalized spacial score (nSPS) is 21.9. The van der Waals surface area contributed by atoms with Gasteiger partial charge in [0, 0.05) is 5.56 Å². The lowest BCUT2D eigenvalue weighted by Gasteiger charge is -2.32. The number of hydrogen-bond acceptors (Lipinski definition) is 2. The van der Waals surface area contributed by atoms with Gasteiger partial charge in [-0.2, -0.15) is 0 Å². The van der Waals surface area contributed by atoms with Crippen molar-refractivity contribution in [3.8, 4) is 0 Å². The number of carbonyl (C=O) groups excluding carboxylic acids is 1. The summed E-state index contributed by atoms with van der Waals surface area (Å²) < 4.78 is 0. The third kappa shape index (κ3) is 2.22. The molecule has 0 atom stereocenters. The molecule has 0 radical (unpaired) electrons. The van der Waals surface area contributed by atoms with Crippen molar-refractivity contribution >= 4 is 28.9 Å². The van der Waals surface area contributed by atoms with Gasteiger partial charge in [0.2, 0.25) is 0 Å². The summed E-state index contributed by atoms with van der Waals surface area (Å²) in [5.41, 5.74) is 5.19. The summed E-state index contributed by atoms with van der Waals surface area (Å²) in [5, 5.41) is 3.01. The van der Waals surface area contributed by atoms with Crippen LogP contribution in [0.2, 0.25) is 0 Å². The lowest BCUT2D eigenvalue weighted by Crippen LogP contribution is -2.41. The minimum absolute atomic E-state index is 0.0647. The molecule has 2 aliphatic carbocycles. The third-order valence-corrected chi connectivity index (χ3v) is 5.16. The maximum atomic E-state index is 12.6. The maximum absolute atomic E-state index is 12.6. The molecular formula is C18H18N2OS. The van der Waals surface area contributed by atoms with Crippen LogP contribution in [0.5, 0.6) is 0 Å². The minimum Gasteiger partial charge on any atom is -0.297 e. The van der Waals surface area contributed by atoms with Crippen molar-refractivity contribution in [2.45, 2.75) is 38.5 Å². The summed E-state index contributed by atoms with van der Waals surface area (Å²) in [6.45, 7) is 0. The molecule has 4 heteroatoms. The summed E-state index contributed by atoms with van der Waals surface area (Å²) in [4.78, 5) is 17.1. The second-order valence-corrected chi connectivity index (χ2v) is 6.68.